The maximum atomic E-state index is 12.4. The topological polar surface area (TPSA) is 55.1 Å². The van der Waals surface area contributed by atoms with Gasteiger partial charge in [0.25, 0.3) is 5.91 Å². The zero-order chi connectivity index (χ0) is 15.2. The molecule has 2 rings (SSSR count). The van der Waals surface area contributed by atoms with Crippen molar-refractivity contribution in [1.82, 2.24) is 5.32 Å². The van der Waals surface area contributed by atoms with Crippen LogP contribution in [-0.4, -0.2) is 5.91 Å². The molecule has 3 nitrogen and oxygen atoms in total. The van der Waals surface area contributed by atoms with Crippen molar-refractivity contribution < 1.29 is 4.79 Å². The maximum absolute atomic E-state index is 12.4. The normalized spacial score (nSPS) is 11.9. The molecule has 110 valence electrons. The predicted molar refractivity (Wildman–Crippen MR) is 87.4 cm³/mol. The molecule has 1 atom stereocenters. The Morgan fingerprint density at radius 1 is 1.24 bits per heavy atom. The first-order chi connectivity index (χ1) is 10.1. The molecule has 2 aromatic rings. The molecule has 0 radical (unpaired) electrons. The van der Waals surface area contributed by atoms with Crippen LogP contribution in [0.1, 0.15) is 41.7 Å². The summed E-state index contributed by atoms with van der Waals surface area (Å²) in [7, 11) is 0. The van der Waals surface area contributed by atoms with Gasteiger partial charge in [0.05, 0.1) is 16.8 Å². The SMILES string of the molecule is CCCC(NC(=O)c1ccc(N)c(Cl)c1)c1ccccc1. The number of nitrogens with one attached hydrogen (secondary N) is 1. The molecule has 1 amide bonds. The third-order valence-corrected chi connectivity index (χ3v) is 3.67. The van der Waals surface area contributed by atoms with Gasteiger partial charge in [0.15, 0.2) is 0 Å². The molecule has 0 aromatic heterocycles. The maximum Gasteiger partial charge on any atom is 0.251 e. The van der Waals surface area contributed by atoms with Crippen LogP contribution >= 0.6 is 11.6 Å². The highest BCUT2D eigenvalue weighted by molar-refractivity contribution is 6.33. The number of carbonyl (C=O) groups is 1. The third-order valence-electron chi connectivity index (χ3n) is 3.35. The van der Waals surface area contributed by atoms with Crippen molar-refractivity contribution in [2.75, 3.05) is 5.73 Å². The smallest absolute Gasteiger partial charge is 0.251 e. The zero-order valence-corrected chi connectivity index (χ0v) is 12.7. The second kappa shape index (κ2) is 7.14. The molecule has 0 spiro atoms. The summed E-state index contributed by atoms with van der Waals surface area (Å²) in [6.45, 7) is 2.10. The number of hydrogen-bond donors (Lipinski definition) is 2. The van der Waals surface area contributed by atoms with Crippen LogP contribution in [0.5, 0.6) is 0 Å². The molecule has 0 heterocycles. The number of hydrogen-bond acceptors (Lipinski definition) is 2. The van der Waals surface area contributed by atoms with Gasteiger partial charge in [-0.25, -0.2) is 0 Å². The molecule has 0 fully saturated rings. The first kappa shape index (κ1) is 15.4. The lowest BCUT2D eigenvalue weighted by Crippen LogP contribution is -2.28. The number of amides is 1. The third kappa shape index (κ3) is 3.99. The number of anilines is 1. The fourth-order valence-corrected chi connectivity index (χ4v) is 2.39. The molecule has 0 saturated carbocycles. The average Bonchev–Trinajstić information content (AvgIpc) is 2.50. The quantitative estimate of drug-likeness (QED) is 0.814. The summed E-state index contributed by atoms with van der Waals surface area (Å²) in [5, 5.41) is 3.46. The van der Waals surface area contributed by atoms with E-state index in [-0.39, 0.29) is 11.9 Å². The molecule has 0 aliphatic heterocycles. The Labute approximate surface area is 130 Å². The van der Waals surface area contributed by atoms with Crippen molar-refractivity contribution in [3.05, 3.63) is 64.7 Å². The van der Waals surface area contributed by atoms with E-state index in [2.05, 4.69) is 12.2 Å². The highest BCUT2D eigenvalue weighted by atomic mass is 35.5. The lowest BCUT2D eigenvalue weighted by atomic mass is 10.0. The van der Waals surface area contributed by atoms with E-state index in [9.17, 15) is 4.79 Å². The van der Waals surface area contributed by atoms with Crippen molar-refractivity contribution in [3.63, 3.8) is 0 Å². The number of benzene rings is 2. The van der Waals surface area contributed by atoms with E-state index < -0.39 is 0 Å². The Kier molecular flexibility index (Phi) is 5.23. The highest BCUT2D eigenvalue weighted by Crippen LogP contribution is 2.22. The molecule has 2 aromatic carbocycles. The summed E-state index contributed by atoms with van der Waals surface area (Å²) >= 11 is 5.97. The first-order valence-corrected chi connectivity index (χ1v) is 7.40. The molecule has 0 saturated heterocycles. The Morgan fingerprint density at radius 2 is 1.95 bits per heavy atom. The van der Waals surface area contributed by atoms with Gasteiger partial charge in [-0.3, -0.25) is 4.79 Å². The highest BCUT2D eigenvalue weighted by Gasteiger charge is 2.15. The largest absolute Gasteiger partial charge is 0.398 e. The minimum atomic E-state index is -0.140. The Bertz CT molecular complexity index is 613. The lowest BCUT2D eigenvalue weighted by molar-refractivity contribution is 0.0934. The fraction of sp³-hybridized carbons (Fsp3) is 0.235. The number of carbonyl (C=O) groups excluding carboxylic acids is 1. The number of nitrogens with two attached hydrogens (primary N) is 1. The van der Waals surface area contributed by atoms with Crippen LogP contribution in [0, 0.1) is 0 Å². The van der Waals surface area contributed by atoms with E-state index in [0.717, 1.165) is 18.4 Å². The van der Waals surface area contributed by atoms with Gasteiger partial charge >= 0.3 is 0 Å². The molecule has 0 aliphatic carbocycles. The van der Waals surface area contributed by atoms with E-state index in [0.29, 0.717) is 16.3 Å². The van der Waals surface area contributed by atoms with Crippen LogP contribution in [0.4, 0.5) is 5.69 Å². The van der Waals surface area contributed by atoms with E-state index >= 15 is 0 Å². The molecule has 0 aliphatic rings. The monoisotopic (exact) mass is 302 g/mol. The summed E-state index contributed by atoms with van der Waals surface area (Å²) < 4.78 is 0. The van der Waals surface area contributed by atoms with Crippen molar-refractivity contribution in [2.45, 2.75) is 25.8 Å². The van der Waals surface area contributed by atoms with Crippen LogP contribution in [0.25, 0.3) is 0 Å². The number of halogens is 1. The first-order valence-electron chi connectivity index (χ1n) is 7.02. The fourth-order valence-electron chi connectivity index (χ4n) is 2.21. The van der Waals surface area contributed by atoms with Gasteiger partial charge in [0.1, 0.15) is 0 Å². The van der Waals surface area contributed by atoms with Crippen LogP contribution in [-0.2, 0) is 0 Å². The van der Waals surface area contributed by atoms with Crippen LogP contribution in [0.2, 0.25) is 5.02 Å². The summed E-state index contributed by atoms with van der Waals surface area (Å²) in [5.41, 5.74) is 7.76. The minimum absolute atomic E-state index is 0.0000265. The van der Waals surface area contributed by atoms with Crippen LogP contribution in [0.15, 0.2) is 48.5 Å². The number of rotatable bonds is 5. The lowest BCUT2D eigenvalue weighted by Gasteiger charge is -2.19. The molecule has 4 heteroatoms. The van der Waals surface area contributed by atoms with Gasteiger partial charge in [-0.15, -0.1) is 0 Å². The predicted octanol–water partition coefficient (Wildman–Crippen LogP) is 4.19. The second-order valence-electron chi connectivity index (χ2n) is 4.96. The van der Waals surface area contributed by atoms with E-state index in [4.69, 9.17) is 17.3 Å². The van der Waals surface area contributed by atoms with Gasteiger partial charge in [-0.1, -0.05) is 55.3 Å². The molecule has 1 unspecified atom stereocenters. The van der Waals surface area contributed by atoms with Gasteiger partial charge in [-0.2, -0.15) is 0 Å². The van der Waals surface area contributed by atoms with Gasteiger partial charge in [0, 0.05) is 5.56 Å². The summed E-state index contributed by atoms with van der Waals surface area (Å²) in [4.78, 5) is 12.4. The summed E-state index contributed by atoms with van der Waals surface area (Å²) in [5.74, 6) is -0.140. The standard InChI is InChI=1S/C17H19ClN2O/c1-2-6-16(12-7-4-3-5-8-12)20-17(21)13-9-10-15(19)14(18)11-13/h3-5,7-11,16H,2,6,19H2,1H3,(H,20,21). The molecule has 0 bridgehead atoms. The van der Waals surface area contributed by atoms with E-state index in [1.807, 2.05) is 30.3 Å². The molecular weight excluding hydrogens is 284 g/mol. The van der Waals surface area contributed by atoms with Crippen molar-refractivity contribution in [1.29, 1.82) is 0 Å². The van der Waals surface area contributed by atoms with E-state index in [1.165, 1.54) is 0 Å². The summed E-state index contributed by atoms with van der Waals surface area (Å²) in [6.07, 6.45) is 1.88. The van der Waals surface area contributed by atoms with Gasteiger partial charge < -0.3 is 11.1 Å². The summed E-state index contributed by atoms with van der Waals surface area (Å²) in [6, 6.07) is 14.9. The van der Waals surface area contributed by atoms with Crippen LogP contribution in [0.3, 0.4) is 0 Å². The van der Waals surface area contributed by atoms with Crippen molar-refractivity contribution in [3.8, 4) is 0 Å². The minimum Gasteiger partial charge on any atom is -0.398 e. The molecule has 3 N–H and O–H groups in total. The Morgan fingerprint density at radius 3 is 2.57 bits per heavy atom. The Hall–Kier alpha value is -2.00. The number of nitrogen functional groups attached to an aromatic ring is 1. The van der Waals surface area contributed by atoms with Crippen LogP contribution < -0.4 is 11.1 Å². The average molecular weight is 303 g/mol. The zero-order valence-electron chi connectivity index (χ0n) is 12.0. The Balaban J connectivity index is 2.16. The molecule has 21 heavy (non-hydrogen) atoms. The van der Waals surface area contributed by atoms with E-state index in [1.54, 1.807) is 18.2 Å². The van der Waals surface area contributed by atoms with Crippen molar-refractivity contribution in [2.24, 2.45) is 0 Å². The molecular formula is C17H19ClN2O. The van der Waals surface area contributed by atoms with Gasteiger partial charge in [0.2, 0.25) is 0 Å². The van der Waals surface area contributed by atoms with Gasteiger partial charge in [-0.05, 0) is 30.2 Å². The van der Waals surface area contributed by atoms with Crippen molar-refractivity contribution >= 4 is 23.2 Å². The second-order valence-corrected chi connectivity index (χ2v) is 5.37.